The Hall–Kier alpha value is -3.18. The molecular formula is C21H16N2O3. The first kappa shape index (κ1) is 15.1. The number of furan rings is 1. The van der Waals surface area contributed by atoms with Crippen molar-refractivity contribution in [1.29, 1.82) is 0 Å². The number of carbonyl (C=O) groups is 1. The minimum absolute atomic E-state index is 0.0155. The lowest BCUT2D eigenvalue weighted by Crippen LogP contribution is -2.12. The highest BCUT2D eigenvalue weighted by atomic mass is 16.3. The van der Waals surface area contributed by atoms with Gasteiger partial charge in [0.25, 0.3) is 0 Å². The van der Waals surface area contributed by atoms with E-state index in [-0.39, 0.29) is 6.04 Å². The summed E-state index contributed by atoms with van der Waals surface area (Å²) < 4.78 is 7.45. The van der Waals surface area contributed by atoms with Crippen LogP contribution in [-0.4, -0.2) is 20.9 Å². The van der Waals surface area contributed by atoms with Gasteiger partial charge in [-0.1, -0.05) is 24.3 Å². The number of benzene rings is 2. The molecule has 2 unspecified atom stereocenters. The lowest BCUT2D eigenvalue weighted by atomic mass is 9.93. The zero-order valence-electron chi connectivity index (χ0n) is 13.9. The first-order valence-corrected chi connectivity index (χ1v) is 8.52. The summed E-state index contributed by atoms with van der Waals surface area (Å²) in [6.07, 6.45) is 5.68. The molecule has 5 nitrogen and oxygen atoms in total. The summed E-state index contributed by atoms with van der Waals surface area (Å²) >= 11 is 0. The van der Waals surface area contributed by atoms with E-state index in [1.807, 2.05) is 30.5 Å². The van der Waals surface area contributed by atoms with E-state index in [0.717, 1.165) is 22.9 Å². The van der Waals surface area contributed by atoms with Crippen molar-refractivity contribution in [1.82, 2.24) is 9.55 Å². The van der Waals surface area contributed by atoms with Crippen molar-refractivity contribution < 1.29 is 14.3 Å². The Bertz CT molecular complexity index is 1130. The van der Waals surface area contributed by atoms with E-state index < -0.39 is 6.10 Å². The van der Waals surface area contributed by atoms with Crippen LogP contribution in [0.2, 0.25) is 0 Å². The van der Waals surface area contributed by atoms with Crippen molar-refractivity contribution in [3.8, 4) is 11.3 Å². The summed E-state index contributed by atoms with van der Waals surface area (Å²) in [5, 5.41) is 11.8. The quantitative estimate of drug-likeness (QED) is 0.565. The van der Waals surface area contributed by atoms with Crippen LogP contribution < -0.4 is 0 Å². The lowest BCUT2D eigenvalue weighted by Gasteiger charge is -2.20. The molecule has 2 atom stereocenters. The van der Waals surface area contributed by atoms with Gasteiger partial charge in [-0.05, 0) is 29.3 Å². The van der Waals surface area contributed by atoms with E-state index in [0.29, 0.717) is 23.1 Å². The van der Waals surface area contributed by atoms with Gasteiger partial charge in [-0.15, -0.1) is 0 Å². The van der Waals surface area contributed by atoms with Crippen LogP contribution in [0.25, 0.3) is 22.2 Å². The molecule has 0 radical (unpaired) electrons. The van der Waals surface area contributed by atoms with Crippen LogP contribution in [0.15, 0.2) is 65.7 Å². The second-order valence-electron chi connectivity index (χ2n) is 6.60. The van der Waals surface area contributed by atoms with Crippen LogP contribution in [0.3, 0.4) is 0 Å². The van der Waals surface area contributed by atoms with Crippen LogP contribution in [-0.2, 0) is 0 Å². The minimum atomic E-state index is -0.777. The molecule has 0 aliphatic carbocycles. The standard InChI is InChI=1S/C21H16N2O3/c24-11-14-8-21-13(5-6-26-21)7-17(14)20(25)9-18-15-3-1-2-4-16(15)19-10-22-12-23(18)19/h1-8,10-12,18,20,25H,9H2. The number of aliphatic hydroxyl groups excluding tert-OH is 1. The third kappa shape index (κ3) is 2.14. The molecule has 1 N–H and O–H groups in total. The molecule has 4 aromatic rings. The second kappa shape index (κ2) is 5.68. The monoisotopic (exact) mass is 344 g/mol. The fourth-order valence-corrected chi connectivity index (χ4v) is 3.94. The van der Waals surface area contributed by atoms with Gasteiger partial charge in [0.05, 0.1) is 36.6 Å². The van der Waals surface area contributed by atoms with Gasteiger partial charge in [-0.25, -0.2) is 4.98 Å². The molecule has 1 aliphatic heterocycles. The number of rotatable bonds is 4. The first-order valence-electron chi connectivity index (χ1n) is 8.52. The fourth-order valence-electron chi connectivity index (χ4n) is 3.94. The predicted octanol–water partition coefficient (Wildman–Crippen LogP) is 4.14. The highest BCUT2D eigenvalue weighted by Gasteiger charge is 2.30. The number of hydrogen-bond acceptors (Lipinski definition) is 4. The second-order valence-corrected chi connectivity index (χ2v) is 6.60. The van der Waals surface area contributed by atoms with Crippen molar-refractivity contribution in [2.75, 3.05) is 0 Å². The van der Waals surface area contributed by atoms with Gasteiger partial charge in [-0.2, -0.15) is 0 Å². The first-order chi connectivity index (χ1) is 12.8. The molecule has 1 aliphatic rings. The maximum absolute atomic E-state index is 11.5. The third-order valence-corrected chi connectivity index (χ3v) is 5.19. The largest absolute Gasteiger partial charge is 0.464 e. The summed E-state index contributed by atoms with van der Waals surface area (Å²) in [6, 6.07) is 13.5. The molecule has 0 amide bonds. The molecular weight excluding hydrogens is 328 g/mol. The van der Waals surface area contributed by atoms with Crippen LogP contribution >= 0.6 is 0 Å². The minimum Gasteiger partial charge on any atom is -0.464 e. The van der Waals surface area contributed by atoms with E-state index in [9.17, 15) is 9.90 Å². The number of imidazole rings is 1. The summed E-state index contributed by atoms with van der Waals surface area (Å²) in [7, 11) is 0. The molecule has 0 fully saturated rings. The molecule has 0 saturated heterocycles. The van der Waals surface area contributed by atoms with E-state index >= 15 is 0 Å². The molecule has 128 valence electrons. The van der Waals surface area contributed by atoms with Gasteiger partial charge in [0, 0.05) is 22.9 Å². The SMILES string of the molecule is O=Cc1cc2occc2cc1C(O)CC1c2ccccc2-c2cncn21. The van der Waals surface area contributed by atoms with Crippen LogP contribution in [0.4, 0.5) is 0 Å². The highest BCUT2D eigenvalue weighted by molar-refractivity contribution is 5.88. The highest BCUT2D eigenvalue weighted by Crippen LogP contribution is 2.43. The summed E-state index contributed by atoms with van der Waals surface area (Å²) in [4.78, 5) is 15.8. The van der Waals surface area contributed by atoms with E-state index in [1.54, 1.807) is 18.7 Å². The van der Waals surface area contributed by atoms with E-state index in [2.05, 4.69) is 21.7 Å². The zero-order valence-corrected chi connectivity index (χ0v) is 13.9. The molecule has 5 rings (SSSR count). The van der Waals surface area contributed by atoms with Crippen molar-refractivity contribution in [3.63, 3.8) is 0 Å². The maximum Gasteiger partial charge on any atom is 0.150 e. The van der Waals surface area contributed by atoms with Gasteiger partial charge < -0.3 is 14.1 Å². The van der Waals surface area contributed by atoms with Crippen LogP contribution in [0.5, 0.6) is 0 Å². The number of aliphatic hydroxyl groups is 1. The Balaban J connectivity index is 1.55. The van der Waals surface area contributed by atoms with E-state index in [1.165, 1.54) is 5.56 Å². The van der Waals surface area contributed by atoms with Gasteiger partial charge in [-0.3, -0.25) is 4.79 Å². The van der Waals surface area contributed by atoms with Crippen LogP contribution in [0.1, 0.15) is 40.1 Å². The average Bonchev–Trinajstić information content (AvgIpc) is 3.37. The number of aldehydes is 1. The Morgan fingerprint density at radius 2 is 2.15 bits per heavy atom. The average molecular weight is 344 g/mol. The third-order valence-electron chi connectivity index (χ3n) is 5.19. The maximum atomic E-state index is 11.5. The normalized spacial score (nSPS) is 16.4. The number of aromatic nitrogens is 2. The molecule has 26 heavy (non-hydrogen) atoms. The predicted molar refractivity (Wildman–Crippen MR) is 97.0 cm³/mol. The van der Waals surface area contributed by atoms with Gasteiger partial charge in [0.1, 0.15) is 5.58 Å². The number of hydrogen-bond donors (Lipinski definition) is 1. The van der Waals surface area contributed by atoms with Crippen LogP contribution in [0, 0.1) is 0 Å². The molecule has 2 aromatic heterocycles. The van der Waals surface area contributed by atoms with Crippen molar-refractivity contribution in [2.45, 2.75) is 18.6 Å². The smallest absolute Gasteiger partial charge is 0.150 e. The summed E-state index contributed by atoms with van der Waals surface area (Å²) in [5.41, 5.74) is 5.09. The number of fused-ring (bicyclic) bond motifs is 4. The molecule has 0 spiro atoms. The summed E-state index contributed by atoms with van der Waals surface area (Å²) in [6.45, 7) is 0. The topological polar surface area (TPSA) is 68.3 Å². The Labute approximate surface area is 149 Å². The zero-order chi connectivity index (χ0) is 17.7. The van der Waals surface area contributed by atoms with E-state index in [4.69, 9.17) is 4.42 Å². The Morgan fingerprint density at radius 3 is 3.04 bits per heavy atom. The Kier molecular flexibility index (Phi) is 3.30. The molecule has 0 bridgehead atoms. The number of nitrogens with zero attached hydrogens (tertiary/aromatic N) is 2. The number of carbonyl (C=O) groups excluding carboxylic acids is 1. The fraction of sp³-hybridized carbons (Fsp3) is 0.143. The lowest BCUT2D eigenvalue weighted by molar-refractivity contribution is 0.111. The molecule has 3 heterocycles. The van der Waals surface area contributed by atoms with Gasteiger partial charge in [0.2, 0.25) is 0 Å². The van der Waals surface area contributed by atoms with Gasteiger partial charge >= 0.3 is 0 Å². The molecule has 2 aromatic carbocycles. The molecule has 5 heteroatoms. The van der Waals surface area contributed by atoms with Crippen molar-refractivity contribution in [2.24, 2.45) is 0 Å². The molecule has 0 saturated carbocycles. The Morgan fingerprint density at radius 1 is 1.27 bits per heavy atom. The van der Waals surface area contributed by atoms with Crippen molar-refractivity contribution in [3.05, 3.63) is 77.9 Å². The summed E-state index contributed by atoms with van der Waals surface area (Å²) in [5.74, 6) is 0. The van der Waals surface area contributed by atoms with Crippen molar-refractivity contribution >= 4 is 17.3 Å². The van der Waals surface area contributed by atoms with Gasteiger partial charge in [0.15, 0.2) is 6.29 Å².